The van der Waals surface area contributed by atoms with Gasteiger partial charge in [0.05, 0.1) is 6.10 Å². The van der Waals surface area contributed by atoms with Crippen LogP contribution in [0.3, 0.4) is 0 Å². The zero-order valence-electron chi connectivity index (χ0n) is 15.1. The highest BCUT2D eigenvalue weighted by molar-refractivity contribution is 5.80. The molecule has 0 spiro atoms. The topological polar surface area (TPSA) is 95.9 Å². The molecule has 0 fully saturated rings. The number of nitrogens with one attached hydrogen (secondary N) is 1. The minimum atomic E-state index is -1.38. The first-order valence-electron chi connectivity index (χ1n) is 8.73. The molecule has 0 aliphatic carbocycles. The Morgan fingerprint density at radius 1 is 1.12 bits per heavy atom. The number of rotatable bonds is 10. The number of aryl methyl sites for hydroxylation is 1. The van der Waals surface area contributed by atoms with Crippen LogP contribution in [0.15, 0.2) is 30.3 Å². The van der Waals surface area contributed by atoms with Gasteiger partial charge >= 0.3 is 12.1 Å². The summed E-state index contributed by atoms with van der Waals surface area (Å²) in [7, 11) is 0. The summed E-state index contributed by atoms with van der Waals surface area (Å²) in [4.78, 5) is 22.9. The fraction of sp³-hybridized carbons (Fsp3) is 0.579. The molecule has 0 aromatic heterocycles. The molecule has 6 nitrogen and oxygen atoms in total. The normalized spacial score (nSPS) is 14.6. The Bertz CT molecular complexity index is 530. The van der Waals surface area contributed by atoms with Crippen molar-refractivity contribution in [3.05, 3.63) is 35.9 Å². The Labute approximate surface area is 149 Å². The maximum atomic E-state index is 11.9. The van der Waals surface area contributed by atoms with Crippen molar-refractivity contribution in [3.63, 3.8) is 0 Å². The van der Waals surface area contributed by atoms with Crippen LogP contribution < -0.4 is 5.32 Å². The average Bonchev–Trinajstić information content (AvgIpc) is 2.55. The molecular weight excluding hydrogens is 322 g/mol. The van der Waals surface area contributed by atoms with Gasteiger partial charge in [-0.3, -0.25) is 0 Å². The molecule has 0 aliphatic heterocycles. The van der Waals surface area contributed by atoms with Crippen molar-refractivity contribution in [2.45, 2.75) is 64.7 Å². The van der Waals surface area contributed by atoms with E-state index in [1.807, 2.05) is 32.0 Å². The molecule has 0 heterocycles. The van der Waals surface area contributed by atoms with Gasteiger partial charge in [0, 0.05) is 0 Å². The highest BCUT2D eigenvalue weighted by Crippen LogP contribution is 2.16. The van der Waals surface area contributed by atoms with Gasteiger partial charge in [0.2, 0.25) is 0 Å². The van der Waals surface area contributed by atoms with Crippen molar-refractivity contribution < 1.29 is 24.5 Å². The highest BCUT2D eigenvalue weighted by atomic mass is 16.6. The van der Waals surface area contributed by atoms with Crippen LogP contribution in [0, 0.1) is 5.92 Å². The number of ether oxygens (including phenoxy) is 1. The van der Waals surface area contributed by atoms with Crippen molar-refractivity contribution >= 4 is 12.1 Å². The van der Waals surface area contributed by atoms with E-state index >= 15 is 0 Å². The molecule has 3 atom stereocenters. The molecule has 0 saturated heterocycles. The van der Waals surface area contributed by atoms with Crippen LogP contribution in [-0.2, 0) is 16.0 Å². The fourth-order valence-electron chi connectivity index (χ4n) is 2.53. The van der Waals surface area contributed by atoms with Gasteiger partial charge in [0.15, 0.2) is 6.04 Å². The molecule has 0 radical (unpaired) electrons. The maximum absolute atomic E-state index is 11.9. The van der Waals surface area contributed by atoms with E-state index < -0.39 is 24.2 Å². The van der Waals surface area contributed by atoms with Gasteiger partial charge in [0.25, 0.3) is 0 Å². The molecule has 1 aromatic rings. The SMILES string of the molecule is CC(C)C(CCCCc1ccccc1)OC(=O)N[C@@H](C(=O)O)[C@H](C)O. The summed E-state index contributed by atoms with van der Waals surface area (Å²) in [6.45, 7) is 5.22. The van der Waals surface area contributed by atoms with Gasteiger partial charge < -0.3 is 20.3 Å². The van der Waals surface area contributed by atoms with Crippen molar-refractivity contribution in [1.82, 2.24) is 5.32 Å². The van der Waals surface area contributed by atoms with Crippen molar-refractivity contribution in [3.8, 4) is 0 Å². The monoisotopic (exact) mass is 351 g/mol. The van der Waals surface area contributed by atoms with Gasteiger partial charge in [-0.1, -0.05) is 44.2 Å². The summed E-state index contributed by atoms with van der Waals surface area (Å²) in [5.74, 6) is -1.17. The third-order valence-electron chi connectivity index (χ3n) is 4.07. The number of aliphatic hydroxyl groups is 1. The predicted octanol–water partition coefficient (Wildman–Crippen LogP) is 2.98. The summed E-state index contributed by atoms with van der Waals surface area (Å²) in [6.07, 6.45) is 1.28. The number of benzene rings is 1. The number of hydrogen-bond acceptors (Lipinski definition) is 4. The molecule has 1 amide bonds. The summed E-state index contributed by atoms with van der Waals surface area (Å²) >= 11 is 0. The van der Waals surface area contributed by atoms with E-state index in [0.29, 0.717) is 6.42 Å². The lowest BCUT2D eigenvalue weighted by atomic mass is 9.99. The predicted molar refractivity (Wildman–Crippen MR) is 95.3 cm³/mol. The van der Waals surface area contributed by atoms with E-state index in [4.69, 9.17) is 9.84 Å². The Kier molecular flexibility index (Phi) is 8.99. The molecule has 0 saturated carbocycles. The van der Waals surface area contributed by atoms with Gasteiger partial charge in [-0.2, -0.15) is 0 Å². The molecule has 140 valence electrons. The number of aliphatic carboxylic acids is 1. The number of carboxylic acids is 1. The maximum Gasteiger partial charge on any atom is 0.408 e. The minimum Gasteiger partial charge on any atom is -0.480 e. The summed E-state index contributed by atoms with van der Waals surface area (Å²) < 4.78 is 5.37. The number of amides is 1. The third-order valence-corrected chi connectivity index (χ3v) is 4.07. The van der Waals surface area contributed by atoms with Crippen LogP contribution in [-0.4, -0.2) is 40.5 Å². The quantitative estimate of drug-likeness (QED) is 0.563. The smallest absolute Gasteiger partial charge is 0.408 e. The van der Waals surface area contributed by atoms with Crippen LogP contribution in [0.1, 0.15) is 45.6 Å². The Balaban J connectivity index is 2.42. The number of aliphatic hydroxyl groups excluding tert-OH is 1. The molecule has 3 N–H and O–H groups in total. The molecule has 6 heteroatoms. The number of carbonyl (C=O) groups is 2. The van der Waals surface area contributed by atoms with E-state index in [9.17, 15) is 14.7 Å². The number of unbranched alkanes of at least 4 members (excludes halogenated alkanes) is 1. The minimum absolute atomic E-state index is 0.123. The van der Waals surface area contributed by atoms with E-state index in [1.54, 1.807) is 0 Å². The van der Waals surface area contributed by atoms with Crippen LogP contribution in [0.25, 0.3) is 0 Å². The van der Waals surface area contributed by atoms with E-state index in [-0.39, 0.29) is 12.0 Å². The van der Waals surface area contributed by atoms with Gasteiger partial charge in [0.1, 0.15) is 6.10 Å². The lowest BCUT2D eigenvalue weighted by molar-refractivity contribution is -0.142. The zero-order chi connectivity index (χ0) is 18.8. The second kappa shape index (κ2) is 10.7. The van der Waals surface area contributed by atoms with Gasteiger partial charge in [-0.05, 0) is 44.1 Å². The Morgan fingerprint density at radius 2 is 1.76 bits per heavy atom. The van der Waals surface area contributed by atoms with Crippen molar-refractivity contribution in [1.29, 1.82) is 0 Å². The second-order valence-corrected chi connectivity index (χ2v) is 6.62. The number of hydrogen-bond donors (Lipinski definition) is 3. The van der Waals surface area contributed by atoms with Crippen molar-refractivity contribution in [2.24, 2.45) is 5.92 Å². The van der Waals surface area contributed by atoms with Crippen LogP contribution >= 0.6 is 0 Å². The lowest BCUT2D eigenvalue weighted by Gasteiger charge is -2.23. The van der Waals surface area contributed by atoms with Gasteiger partial charge in [-0.25, -0.2) is 9.59 Å². The summed E-state index contributed by atoms with van der Waals surface area (Å²) in [5.41, 5.74) is 1.28. The summed E-state index contributed by atoms with van der Waals surface area (Å²) in [6, 6.07) is 8.82. The molecule has 1 aromatic carbocycles. The van der Waals surface area contributed by atoms with Crippen molar-refractivity contribution in [2.75, 3.05) is 0 Å². The largest absolute Gasteiger partial charge is 0.480 e. The summed E-state index contributed by atoms with van der Waals surface area (Å²) in [5, 5.41) is 20.6. The van der Waals surface area contributed by atoms with E-state index in [0.717, 1.165) is 19.3 Å². The zero-order valence-corrected chi connectivity index (χ0v) is 15.1. The first-order chi connectivity index (χ1) is 11.8. The standard InChI is InChI=1S/C19H29NO5/c1-13(2)16(12-8-7-11-15-9-5-4-6-10-15)25-19(24)20-17(14(3)21)18(22)23/h4-6,9-10,13-14,16-17,21H,7-8,11-12H2,1-3H3,(H,20,24)(H,22,23)/t14-,16?,17+/m0/s1. The molecular formula is C19H29NO5. The fourth-order valence-corrected chi connectivity index (χ4v) is 2.53. The molecule has 1 unspecified atom stereocenters. The number of carboxylic acid groups (broad SMARTS) is 1. The van der Waals surface area contributed by atoms with Crippen LogP contribution in [0.5, 0.6) is 0 Å². The Hall–Kier alpha value is -2.08. The van der Waals surface area contributed by atoms with Crippen LogP contribution in [0.2, 0.25) is 0 Å². The van der Waals surface area contributed by atoms with Gasteiger partial charge in [-0.15, -0.1) is 0 Å². The third kappa shape index (κ3) is 8.03. The Morgan fingerprint density at radius 3 is 2.28 bits per heavy atom. The lowest BCUT2D eigenvalue weighted by Crippen LogP contribution is -2.48. The van der Waals surface area contributed by atoms with E-state index in [2.05, 4.69) is 17.4 Å². The first kappa shape index (κ1) is 21.0. The molecule has 0 bridgehead atoms. The molecule has 25 heavy (non-hydrogen) atoms. The molecule has 0 aliphatic rings. The second-order valence-electron chi connectivity index (χ2n) is 6.62. The average molecular weight is 351 g/mol. The van der Waals surface area contributed by atoms with E-state index in [1.165, 1.54) is 12.5 Å². The molecule has 1 rings (SSSR count). The highest BCUT2D eigenvalue weighted by Gasteiger charge is 2.27. The van der Waals surface area contributed by atoms with Crippen LogP contribution in [0.4, 0.5) is 4.79 Å². The first-order valence-corrected chi connectivity index (χ1v) is 8.73. The number of carbonyl (C=O) groups excluding carboxylic acids is 1. The number of alkyl carbamates (subject to hydrolysis) is 1.